The van der Waals surface area contributed by atoms with E-state index in [1.54, 1.807) is 31.4 Å². The first-order valence-electron chi connectivity index (χ1n) is 9.11. The zero-order valence-corrected chi connectivity index (χ0v) is 16.1. The Bertz CT molecular complexity index is 904. The third-order valence-electron chi connectivity index (χ3n) is 4.60. The molecule has 2 heterocycles. The third-order valence-corrected chi connectivity index (χ3v) is 4.60. The molecule has 1 aliphatic rings. The summed E-state index contributed by atoms with van der Waals surface area (Å²) in [4.78, 5) is 29.8. The van der Waals surface area contributed by atoms with Crippen molar-refractivity contribution in [1.82, 2.24) is 14.9 Å². The fraction of sp³-hybridized carbons (Fsp3) is 0.350. The van der Waals surface area contributed by atoms with Crippen LogP contribution in [0.4, 0.5) is 5.69 Å². The van der Waals surface area contributed by atoms with Gasteiger partial charge in [-0.15, -0.1) is 6.58 Å². The van der Waals surface area contributed by atoms with E-state index in [0.29, 0.717) is 42.4 Å². The molecule has 8 nitrogen and oxygen atoms in total. The average molecular weight is 384 g/mol. The van der Waals surface area contributed by atoms with Gasteiger partial charge in [-0.05, 0) is 31.4 Å². The van der Waals surface area contributed by atoms with Gasteiger partial charge in [0, 0.05) is 19.2 Å². The number of anilines is 1. The standard InChI is InChI=1S/C20H24N4O4/c1-4-10-21-19(25)17-15-7-5-6-11-24(15)18(23-17)20(26)22-14-12-13(27-2)8-9-16(14)28-3/h4,8-9,12H,1,5-7,10-11H2,2-3H3,(H,21,25)(H,22,26). The van der Waals surface area contributed by atoms with E-state index in [2.05, 4.69) is 22.2 Å². The largest absolute Gasteiger partial charge is 0.497 e. The van der Waals surface area contributed by atoms with Crippen LogP contribution in [0.2, 0.25) is 0 Å². The number of hydrogen-bond acceptors (Lipinski definition) is 5. The van der Waals surface area contributed by atoms with Gasteiger partial charge in [-0.2, -0.15) is 0 Å². The smallest absolute Gasteiger partial charge is 0.291 e. The average Bonchev–Trinajstić information content (AvgIpc) is 3.12. The van der Waals surface area contributed by atoms with Gasteiger partial charge in [0.2, 0.25) is 0 Å². The van der Waals surface area contributed by atoms with Crippen molar-refractivity contribution in [3.63, 3.8) is 0 Å². The van der Waals surface area contributed by atoms with E-state index in [9.17, 15) is 9.59 Å². The van der Waals surface area contributed by atoms with Crippen LogP contribution >= 0.6 is 0 Å². The molecule has 8 heteroatoms. The molecule has 0 unspecified atom stereocenters. The summed E-state index contributed by atoms with van der Waals surface area (Å²) < 4.78 is 12.4. The van der Waals surface area contributed by atoms with Crippen LogP contribution in [0.25, 0.3) is 0 Å². The molecule has 2 amide bonds. The highest BCUT2D eigenvalue weighted by Gasteiger charge is 2.27. The van der Waals surface area contributed by atoms with Crippen LogP contribution in [-0.2, 0) is 13.0 Å². The van der Waals surface area contributed by atoms with Crippen LogP contribution in [0.15, 0.2) is 30.9 Å². The van der Waals surface area contributed by atoms with Gasteiger partial charge < -0.3 is 24.7 Å². The Morgan fingerprint density at radius 2 is 2.07 bits per heavy atom. The number of benzene rings is 1. The molecule has 0 bridgehead atoms. The summed E-state index contributed by atoms with van der Waals surface area (Å²) in [5.41, 5.74) is 1.55. The SMILES string of the molecule is C=CCNC(=O)c1nc(C(=O)Nc2cc(OC)ccc2OC)n2c1CCCC2. The maximum Gasteiger partial charge on any atom is 0.291 e. The van der Waals surface area contributed by atoms with Gasteiger partial charge in [-0.25, -0.2) is 4.98 Å². The van der Waals surface area contributed by atoms with E-state index in [0.717, 1.165) is 18.5 Å². The minimum Gasteiger partial charge on any atom is -0.497 e. The molecule has 0 fully saturated rings. The van der Waals surface area contributed by atoms with Crippen LogP contribution in [0, 0.1) is 0 Å². The molecule has 148 valence electrons. The highest BCUT2D eigenvalue weighted by molar-refractivity contribution is 6.04. The predicted molar refractivity (Wildman–Crippen MR) is 105 cm³/mol. The van der Waals surface area contributed by atoms with Gasteiger partial charge in [0.25, 0.3) is 11.8 Å². The first-order valence-corrected chi connectivity index (χ1v) is 9.11. The number of fused-ring (bicyclic) bond motifs is 1. The van der Waals surface area contributed by atoms with Crippen molar-refractivity contribution in [1.29, 1.82) is 0 Å². The fourth-order valence-corrected chi connectivity index (χ4v) is 3.24. The molecule has 0 spiro atoms. The molecule has 28 heavy (non-hydrogen) atoms. The van der Waals surface area contributed by atoms with E-state index in [1.807, 2.05) is 4.57 Å². The maximum atomic E-state index is 13.0. The molecular weight excluding hydrogens is 360 g/mol. The number of carbonyl (C=O) groups excluding carboxylic acids is 2. The lowest BCUT2D eigenvalue weighted by atomic mass is 10.1. The van der Waals surface area contributed by atoms with E-state index >= 15 is 0 Å². The monoisotopic (exact) mass is 384 g/mol. The van der Waals surface area contributed by atoms with Crippen molar-refractivity contribution >= 4 is 17.5 Å². The molecule has 2 N–H and O–H groups in total. The highest BCUT2D eigenvalue weighted by Crippen LogP contribution is 2.30. The van der Waals surface area contributed by atoms with Crippen molar-refractivity contribution in [3.05, 3.63) is 48.1 Å². The summed E-state index contributed by atoms with van der Waals surface area (Å²) in [7, 11) is 3.07. The molecule has 1 aromatic carbocycles. The number of amides is 2. The van der Waals surface area contributed by atoms with Crippen LogP contribution in [0.3, 0.4) is 0 Å². The summed E-state index contributed by atoms with van der Waals surface area (Å²) in [6, 6.07) is 5.13. The van der Waals surface area contributed by atoms with Crippen molar-refractivity contribution in [3.8, 4) is 11.5 Å². The van der Waals surface area contributed by atoms with Crippen LogP contribution in [0.5, 0.6) is 11.5 Å². The minimum atomic E-state index is -0.405. The van der Waals surface area contributed by atoms with Gasteiger partial charge in [-0.3, -0.25) is 9.59 Å². The number of rotatable bonds is 7. The summed E-state index contributed by atoms with van der Waals surface area (Å²) >= 11 is 0. The number of nitrogens with zero attached hydrogens (tertiary/aromatic N) is 2. The van der Waals surface area contributed by atoms with E-state index in [-0.39, 0.29) is 11.7 Å². The molecule has 0 saturated carbocycles. The lowest BCUT2D eigenvalue weighted by molar-refractivity contribution is 0.0952. The second-order valence-electron chi connectivity index (χ2n) is 6.36. The molecule has 0 saturated heterocycles. The van der Waals surface area contributed by atoms with Crippen molar-refractivity contribution < 1.29 is 19.1 Å². The second kappa shape index (κ2) is 8.60. The number of imidazole rings is 1. The number of aromatic nitrogens is 2. The number of carbonyl (C=O) groups is 2. The first kappa shape index (κ1) is 19.5. The highest BCUT2D eigenvalue weighted by atomic mass is 16.5. The number of ether oxygens (including phenoxy) is 2. The van der Waals surface area contributed by atoms with Crippen LogP contribution < -0.4 is 20.1 Å². The summed E-state index contributed by atoms with van der Waals surface area (Å²) in [6.45, 7) is 4.59. The van der Waals surface area contributed by atoms with Gasteiger partial charge >= 0.3 is 0 Å². The number of nitrogens with one attached hydrogen (secondary N) is 2. The lowest BCUT2D eigenvalue weighted by Gasteiger charge is -2.17. The van der Waals surface area contributed by atoms with Gasteiger partial charge in [0.05, 0.1) is 25.6 Å². The van der Waals surface area contributed by atoms with Crippen molar-refractivity contribution in [2.45, 2.75) is 25.8 Å². The van der Waals surface area contributed by atoms with Crippen molar-refractivity contribution in [2.75, 3.05) is 26.1 Å². The lowest BCUT2D eigenvalue weighted by Crippen LogP contribution is -2.25. The molecule has 0 atom stereocenters. The molecule has 1 aromatic heterocycles. The predicted octanol–water partition coefficient (Wildman–Crippen LogP) is 2.40. The quantitative estimate of drug-likeness (QED) is 0.715. The molecule has 1 aliphatic heterocycles. The molecule has 3 rings (SSSR count). The van der Waals surface area contributed by atoms with E-state index in [1.165, 1.54) is 7.11 Å². The Morgan fingerprint density at radius 3 is 2.79 bits per heavy atom. The van der Waals surface area contributed by atoms with E-state index in [4.69, 9.17) is 9.47 Å². The zero-order chi connectivity index (χ0) is 20.1. The Morgan fingerprint density at radius 1 is 1.25 bits per heavy atom. The van der Waals surface area contributed by atoms with Crippen LogP contribution in [-0.4, -0.2) is 42.1 Å². The Balaban J connectivity index is 1.93. The summed E-state index contributed by atoms with van der Waals surface area (Å²) in [5.74, 6) is 0.596. The first-order chi connectivity index (χ1) is 13.6. The number of hydrogen-bond donors (Lipinski definition) is 2. The maximum absolute atomic E-state index is 13.0. The van der Waals surface area contributed by atoms with Crippen LogP contribution in [0.1, 0.15) is 39.6 Å². The fourth-order valence-electron chi connectivity index (χ4n) is 3.24. The summed E-state index contributed by atoms with van der Waals surface area (Å²) in [6.07, 6.45) is 4.20. The summed E-state index contributed by atoms with van der Waals surface area (Å²) in [5, 5.41) is 5.56. The molecule has 0 aliphatic carbocycles. The second-order valence-corrected chi connectivity index (χ2v) is 6.36. The zero-order valence-electron chi connectivity index (χ0n) is 16.1. The van der Waals surface area contributed by atoms with E-state index < -0.39 is 5.91 Å². The Kier molecular flexibility index (Phi) is 5.98. The Hall–Kier alpha value is -3.29. The molecular formula is C20H24N4O4. The third kappa shape index (κ3) is 3.85. The van der Waals surface area contributed by atoms with Gasteiger partial charge in [0.1, 0.15) is 17.2 Å². The topological polar surface area (TPSA) is 94.5 Å². The van der Waals surface area contributed by atoms with Gasteiger partial charge in [0.15, 0.2) is 5.82 Å². The normalized spacial score (nSPS) is 12.6. The minimum absolute atomic E-state index is 0.211. The number of methoxy groups -OCH3 is 2. The molecule has 0 radical (unpaired) electrons. The van der Waals surface area contributed by atoms with Gasteiger partial charge in [-0.1, -0.05) is 6.08 Å². The molecule has 2 aromatic rings. The van der Waals surface area contributed by atoms with Crippen molar-refractivity contribution in [2.24, 2.45) is 0 Å². The Labute approximate surface area is 163 Å².